The van der Waals surface area contributed by atoms with Gasteiger partial charge in [-0.05, 0) is 19.9 Å². The monoisotopic (exact) mass is 293 g/mol. The molecule has 1 amide bonds. The molecule has 1 N–H and O–H groups in total. The van der Waals surface area contributed by atoms with Crippen LogP contribution in [0.3, 0.4) is 0 Å². The zero-order valence-corrected chi connectivity index (χ0v) is 11.1. The fraction of sp³-hybridized carbons (Fsp3) is 0.500. The molecule has 0 aliphatic heterocycles. The third-order valence-corrected chi connectivity index (χ3v) is 2.50. The summed E-state index contributed by atoms with van der Waals surface area (Å²) in [4.78, 5) is 16.2. The van der Waals surface area contributed by atoms with Crippen LogP contribution < -0.4 is 5.32 Å². The minimum absolute atomic E-state index is 0.151. The van der Waals surface area contributed by atoms with Gasteiger partial charge in [-0.2, -0.15) is 13.2 Å². The molecule has 112 valence electrons. The summed E-state index contributed by atoms with van der Waals surface area (Å²) in [6.45, 7) is 1.89. The molecule has 0 spiro atoms. The van der Waals surface area contributed by atoms with Crippen molar-refractivity contribution in [3.05, 3.63) is 23.6 Å². The number of carbonyl (C=O) groups is 1. The quantitative estimate of drug-likeness (QED) is 0.849. The second-order valence-corrected chi connectivity index (χ2v) is 3.99. The lowest BCUT2D eigenvalue weighted by molar-refractivity contribution is -0.140. The van der Waals surface area contributed by atoms with Crippen molar-refractivity contribution in [2.24, 2.45) is 0 Å². The summed E-state index contributed by atoms with van der Waals surface area (Å²) in [6.07, 6.45) is -3.35. The van der Waals surface area contributed by atoms with Crippen LogP contribution in [0.25, 0.3) is 0 Å². The van der Waals surface area contributed by atoms with Crippen LogP contribution in [0.5, 0.6) is 0 Å². The highest BCUT2D eigenvalue weighted by molar-refractivity contribution is 5.95. The molecule has 4 nitrogen and oxygen atoms in total. The van der Waals surface area contributed by atoms with E-state index in [1.807, 2.05) is 0 Å². The first-order valence-electron chi connectivity index (χ1n) is 6.04. The van der Waals surface area contributed by atoms with Gasteiger partial charge in [0, 0.05) is 19.3 Å². The first kappa shape index (κ1) is 16.2. The molecule has 0 bridgehead atoms. The normalized spacial score (nSPS) is 11.3. The van der Waals surface area contributed by atoms with Gasteiger partial charge in [0.1, 0.15) is 6.54 Å². The van der Waals surface area contributed by atoms with Crippen molar-refractivity contribution in [3.8, 4) is 0 Å². The van der Waals surface area contributed by atoms with Crippen LogP contribution >= 0.6 is 0 Å². The molecule has 8 heteroatoms. The predicted octanol–water partition coefficient (Wildman–Crippen LogP) is 2.68. The summed E-state index contributed by atoms with van der Waals surface area (Å²) >= 11 is 0. The Morgan fingerprint density at radius 2 is 2.05 bits per heavy atom. The van der Waals surface area contributed by atoms with Crippen molar-refractivity contribution < 1.29 is 22.4 Å². The summed E-state index contributed by atoms with van der Waals surface area (Å²) in [6, 6.07) is 1.07. The van der Waals surface area contributed by atoms with Crippen molar-refractivity contribution >= 4 is 11.7 Å². The van der Waals surface area contributed by atoms with Gasteiger partial charge in [0.15, 0.2) is 11.6 Å². The molecule has 0 saturated heterocycles. The highest BCUT2D eigenvalue weighted by atomic mass is 19.4. The van der Waals surface area contributed by atoms with Crippen LogP contribution in [-0.4, -0.2) is 41.6 Å². The third kappa shape index (κ3) is 4.07. The van der Waals surface area contributed by atoms with E-state index in [-0.39, 0.29) is 12.4 Å². The number of hydrogen-bond donors (Lipinski definition) is 1. The molecule has 0 atom stereocenters. The van der Waals surface area contributed by atoms with E-state index in [0.717, 1.165) is 6.07 Å². The first-order valence-corrected chi connectivity index (χ1v) is 6.04. The number of rotatable bonds is 5. The van der Waals surface area contributed by atoms with Crippen molar-refractivity contribution in [3.63, 3.8) is 0 Å². The SMILES string of the molecule is CCNc1nccc(C(=O)N(CC)CC(F)(F)F)c1F. The number of alkyl halides is 3. The Morgan fingerprint density at radius 1 is 1.40 bits per heavy atom. The summed E-state index contributed by atoms with van der Waals surface area (Å²) < 4.78 is 51.1. The summed E-state index contributed by atoms with van der Waals surface area (Å²) in [7, 11) is 0. The van der Waals surface area contributed by atoms with Gasteiger partial charge >= 0.3 is 6.18 Å². The fourth-order valence-electron chi connectivity index (χ4n) is 1.61. The third-order valence-electron chi connectivity index (χ3n) is 2.50. The molecule has 0 aromatic carbocycles. The van der Waals surface area contributed by atoms with E-state index in [1.54, 1.807) is 6.92 Å². The Bertz CT molecular complexity index is 476. The first-order chi connectivity index (χ1) is 9.30. The van der Waals surface area contributed by atoms with E-state index in [4.69, 9.17) is 0 Å². The minimum atomic E-state index is -4.53. The smallest absolute Gasteiger partial charge is 0.368 e. The van der Waals surface area contributed by atoms with Crippen LogP contribution in [0.1, 0.15) is 24.2 Å². The van der Waals surface area contributed by atoms with Crippen molar-refractivity contribution in [1.82, 2.24) is 9.88 Å². The van der Waals surface area contributed by atoms with Crippen LogP contribution in [0.4, 0.5) is 23.4 Å². The Labute approximate surface area is 113 Å². The van der Waals surface area contributed by atoms with Gasteiger partial charge in [0.2, 0.25) is 0 Å². The number of halogens is 4. The van der Waals surface area contributed by atoms with Crippen molar-refractivity contribution in [2.75, 3.05) is 25.0 Å². The van der Waals surface area contributed by atoms with Crippen molar-refractivity contribution in [2.45, 2.75) is 20.0 Å². The maximum Gasteiger partial charge on any atom is 0.406 e. The second-order valence-electron chi connectivity index (χ2n) is 3.99. The predicted molar refractivity (Wildman–Crippen MR) is 66.0 cm³/mol. The van der Waals surface area contributed by atoms with E-state index in [2.05, 4.69) is 10.3 Å². The molecular formula is C12H15F4N3O. The van der Waals surface area contributed by atoms with Gasteiger partial charge in [-0.25, -0.2) is 9.37 Å². The number of pyridine rings is 1. The molecule has 20 heavy (non-hydrogen) atoms. The maximum absolute atomic E-state index is 14.0. The highest BCUT2D eigenvalue weighted by Crippen LogP contribution is 2.20. The van der Waals surface area contributed by atoms with E-state index in [9.17, 15) is 22.4 Å². The van der Waals surface area contributed by atoms with Crippen molar-refractivity contribution in [1.29, 1.82) is 0 Å². The van der Waals surface area contributed by atoms with Gasteiger partial charge in [-0.1, -0.05) is 0 Å². The number of aromatic nitrogens is 1. The topological polar surface area (TPSA) is 45.2 Å². The van der Waals surface area contributed by atoms with Gasteiger partial charge in [-0.3, -0.25) is 4.79 Å². The number of amides is 1. The lowest BCUT2D eigenvalue weighted by Gasteiger charge is -2.22. The lowest BCUT2D eigenvalue weighted by atomic mass is 10.2. The maximum atomic E-state index is 14.0. The van der Waals surface area contributed by atoms with E-state index < -0.39 is 30.0 Å². The summed E-state index contributed by atoms with van der Waals surface area (Å²) in [5.41, 5.74) is -0.429. The molecule has 0 saturated carbocycles. The van der Waals surface area contributed by atoms with Crippen LogP contribution in [-0.2, 0) is 0 Å². The largest absolute Gasteiger partial charge is 0.406 e. The fourth-order valence-corrected chi connectivity index (χ4v) is 1.61. The number of nitrogens with one attached hydrogen (secondary N) is 1. The Morgan fingerprint density at radius 3 is 2.55 bits per heavy atom. The molecular weight excluding hydrogens is 278 g/mol. The molecule has 1 heterocycles. The van der Waals surface area contributed by atoms with Gasteiger partial charge in [0.05, 0.1) is 5.56 Å². The van der Waals surface area contributed by atoms with Crippen LogP contribution in [0.15, 0.2) is 12.3 Å². The standard InChI is InChI=1S/C12H15F4N3O/c1-3-17-10-9(13)8(5-6-18-10)11(20)19(4-2)7-12(14,15)16/h5-6H,3-4,7H2,1-2H3,(H,17,18). The Kier molecular flexibility index (Phi) is 5.29. The number of carbonyl (C=O) groups excluding carboxylic acids is 1. The Hall–Kier alpha value is -1.86. The average molecular weight is 293 g/mol. The van der Waals surface area contributed by atoms with E-state index in [0.29, 0.717) is 11.4 Å². The Balaban J connectivity index is 3.04. The molecule has 1 aromatic heterocycles. The second kappa shape index (κ2) is 6.53. The molecule has 0 aliphatic rings. The van der Waals surface area contributed by atoms with E-state index >= 15 is 0 Å². The zero-order chi connectivity index (χ0) is 15.3. The van der Waals surface area contributed by atoms with E-state index in [1.165, 1.54) is 13.1 Å². The molecule has 1 aromatic rings. The van der Waals surface area contributed by atoms with Gasteiger partial charge in [0.25, 0.3) is 5.91 Å². The number of nitrogens with zero attached hydrogens (tertiary/aromatic N) is 2. The number of anilines is 1. The molecule has 0 radical (unpaired) electrons. The zero-order valence-electron chi connectivity index (χ0n) is 11.1. The summed E-state index contributed by atoms with van der Waals surface area (Å²) in [5, 5.41) is 2.60. The van der Waals surface area contributed by atoms with Crippen LogP contribution in [0.2, 0.25) is 0 Å². The van der Waals surface area contributed by atoms with Crippen LogP contribution in [0, 0.1) is 5.82 Å². The molecule has 0 fully saturated rings. The highest BCUT2D eigenvalue weighted by Gasteiger charge is 2.33. The number of hydrogen-bond acceptors (Lipinski definition) is 3. The molecule has 0 aliphatic carbocycles. The lowest BCUT2D eigenvalue weighted by Crippen LogP contribution is -2.39. The van der Waals surface area contributed by atoms with Gasteiger partial charge in [-0.15, -0.1) is 0 Å². The molecule has 0 unspecified atom stereocenters. The van der Waals surface area contributed by atoms with Gasteiger partial charge < -0.3 is 10.2 Å². The molecule has 1 rings (SSSR count). The average Bonchev–Trinajstić information content (AvgIpc) is 2.37. The minimum Gasteiger partial charge on any atom is -0.368 e. The summed E-state index contributed by atoms with van der Waals surface area (Å²) in [5.74, 6) is -2.11.